The van der Waals surface area contributed by atoms with Crippen molar-refractivity contribution in [3.8, 4) is 0 Å². The van der Waals surface area contributed by atoms with Gasteiger partial charge in [-0.3, -0.25) is 0 Å². The molecule has 0 heterocycles. The van der Waals surface area contributed by atoms with Crippen LogP contribution in [-0.2, 0) is 0 Å². The lowest BCUT2D eigenvalue weighted by Gasteiger charge is -2.09. The number of fused-ring (bicyclic) bond motifs is 1. The topological polar surface area (TPSA) is 12.0 Å². The molecule has 0 saturated carbocycles. The van der Waals surface area contributed by atoms with Crippen LogP contribution in [0.25, 0.3) is 11.6 Å². The summed E-state index contributed by atoms with van der Waals surface area (Å²) in [4.78, 5) is 0. The Morgan fingerprint density at radius 2 is 2.00 bits per heavy atom. The minimum absolute atomic E-state index is 0.972. The zero-order valence-electron chi connectivity index (χ0n) is 12.6. The van der Waals surface area contributed by atoms with Crippen LogP contribution in [-0.4, -0.2) is 0 Å². The second-order valence-electron chi connectivity index (χ2n) is 4.90. The maximum atomic E-state index is 3.83. The number of allylic oxidation sites excluding steroid dienone is 8. The summed E-state index contributed by atoms with van der Waals surface area (Å²) in [5, 5.41) is 3.31. The van der Waals surface area contributed by atoms with Gasteiger partial charge in [0.05, 0.1) is 0 Å². The van der Waals surface area contributed by atoms with E-state index in [1.807, 2.05) is 37.4 Å². The molecule has 0 aliphatic heterocycles. The van der Waals surface area contributed by atoms with E-state index in [1.165, 1.54) is 16.7 Å². The molecule has 2 rings (SSSR count). The molecule has 0 aromatic heterocycles. The Bertz CT molecular complexity index is 667. The van der Waals surface area contributed by atoms with Gasteiger partial charge in [-0.2, -0.15) is 0 Å². The normalized spacial score (nSPS) is 16.1. The predicted octanol–water partition coefficient (Wildman–Crippen LogP) is 5.15. The third-order valence-corrected chi connectivity index (χ3v) is 3.26. The number of hydrogen-bond acceptors (Lipinski definition) is 1. The maximum absolute atomic E-state index is 3.83. The molecular weight excluding hydrogens is 254 g/mol. The Balaban J connectivity index is 2.33. The molecular formula is C20H21N. The highest BCUT2D eigenvalue weighted by atomic mass is 14.8. The van der Waals surface area contributed by atoms with E-state index in [9.17, 15) is 0 Å². The molecule has 21 heavy (non-hydrogen) atoms. The number of rotatable bonds is 4. The molecule has 0 spiro atoms. The van der Waals surface area contributed by atoms with Crippen LogP contribution in [0.5, 0.6) is 0 Å². The summed E-state index contributed by atoms with van der Waals surface area (Å²) in [7, 11) is 0. The van der Waals surface area contributed by atoms with E-state index >= 15 is 0 Å². The summed E-state index contributed by atoms with van der Waals surface area (Å²) in [6.07, 6.45) is 18.2. The molecule has 1 aromatic carbocycles. The van der Waals surface area contributed by atoms with E-state index in [1.54, 1.807) is 0 Å². The fourth-order valence-corrected chi connectivity index (χ4v) is 2.15. The predicted molar refractivity (Wildman–Crippen MR) is 93.6 cm³/mol. The van der Waals surface area contributed by atoms with Gasteiger partial charge in [-0.05, 0) is 42.7 Å². The van der Waals surface area contributed by atoms with Crippen LogP contribution in [0.1, 0.15) is 23.6 Å². The number of benzene rings is 1. The molecule has 1 aliphatic carbocycles. The van der Waals surface area contributed by atoms with Gasteiger partial charge >= 0.3 is 0 Å². The van der Waals surface area contributed by atoms with Crippen molar-refractivity contribution in [2.45, 2.75) is 13.8 Å². The molecule has 0 fully saturated rings. The molecule has 0 amide bonds. The quantitative estimate of drug-likeness (QED) is 0.749. The van der Waals surface area contributed by atoms with Gasteiger partial charge in [0.25, 0.3) is 0 Å². The fourth-order valence-electron chi connectivity index (χ4n) is 2.15. The molecule has 0 bridgehead atoms. The van der Waals surface area contributed by atoms with Gasteiger partial charge in [0, 0.05) is 11.9 Å². The van der Waals surface area contributed by atoms with E-state index in [0.717, 1.165) is 11.3 Å². The lowest BCUT2D eigenvalue weighted by Crippen LogP contribution is -2.03. The van der Waals surface area contributed by atoms with Crippen LogP contribution >= 0.6 is 0 Å². The maximum Gasteiger partial charge on any atom is 0.0373 e. The summed E-state index contributed by atoms with van der Waals surface area (Å²) in [6, 6.07) is 6.52. The van der Waals surface area contributed by atoms with E-state index in [0.29, 0.717) is 0 Å². The van der Waals surface area contributed by atoms with Crippen molar-refractivity contribution in [2.75, 3.05) is 0 Å². The van der Waals surface area contributed by atoms with Crippen molar-refractivity contribution in [3.05, 3.63) is 95.9 Å². The first-order valence-corrected chi connectivity index (χ1v) is 7.12. The van der Waals surface area contributed by atoms with Crippen LogP contribution in [0, 0.1) is 6.92 Å². The lowest BCUT2D eigenvalue weighted by atomic mass is 9.99. The lowest BCUT2D eigenvalue weighted by molar-refractivity contribution is 1.12. The Kier molecular flexibility index (Phi) is 5.16. The minimum atomic E-state index is 0.972. The van der Waals surface area contributed by atoms with Gasteiger partial charge in [-0.25, -0.2) is 0 Å². The molecule has 106 valence electrons. The Hall–Kier alpha value is -2.54. The highest BCUT2D eigenvalue weighted by Crippen LogP contribution is 2.25. The van der Waals surface area contributed by atoms with Crippen molar-refractivity contribution in [3.63, 3.8) is 0 Å². The third kappa shape index (κ3) is 3.96. The van der Waals surface area contributed by atoms with Crippen LogP contribution in [0.3, 0.4) is 0 Å². The summed E-state index contributed by atoms with van der Waals surface area (Å²) in [5.41, 5.74) is 5.87. The molecule has 1 N–H and O–H groups in total. The highest BCUT2D eigenvalue weighted by molar-refractivity contribution is 5.82. The first kappa shape index (κ1) is 14.9. The van der Waals surface area contributed by atoms with Gasteiger partial charge in [0.15, 0.2) is 0 Å². The first-order chi connectivity index (χ1) is 10.2. The van der Waals surface area contributed by atoms with Gasteiger partial charge < -0.3 is 5.32 Å². The smallest absolute Gasteiger partial charge is 0.0373 e. The average Bonchev–Trinajstić information content (AvgIpc) is 2.69. The molecule has 1 heteroatoms. The molecule has 1 nitrogen and oxygen atoms in total. The van der Waals surface area contributed by atoms with Gasteiger partial charge in [0.1, 0.15) is 0 Å². The summed E-state index contributed by atoms with van der Waals surface area (Å²) < 4.78 is 0. The van der Waals surface area contributed by atoms with Crippen molar-refractivity contribution >= 4 is 11.6 Å². The van der Waals surface area contributed by atoms with Crippen molar-refractivity contribution in [2.24, 2.45) is 0 Å². The minimum Gasteiger partial charge on any atom is -0.361 e. The monoisotopic (exact) mass is 275 g/mol. The fraction of sp³-hybridized carbons (Fsp3) is 0.100. The second-order valence-corrected chi connectivity index (χ2v) is 4.90. The molecule has 0 atom stereocenters. The van der Waals surface area contributed by atoms with Crippen LogP contribution in [0.4, 0.5) is 0 Å². The number of nitrogens with one attached hydrogen (secondary N) is 1. The van der Waals surface area contributed by atoms with Crippen molar-refractivity contribution in [1.82, 2.24) is 5.32 Å². The SMILES string of the molecule is C=C/C(=C\C=C/C)N/C=C1/C=CC=Cc2cc(C)ccc21. The van der Waals surface area contributed by atoms with Gasteiger partial charge in [0.2, 0.25) is 0 Å². The van der Waals surface area contributed by atoms with Crippen molar-refractivity contribution < 1.29 is 0 Å². The molecule has 1 aliphatic rings. The van der Waals surface area contributed by atoms with Crippen LogP contribution in [0.15, 0.2) is 79.2 Å². The second kappa shape index (κ2) is 7.30. The standard InChI is InChI=1S/C20H21N/c1-4-6-11-19(5-2)21-15-18-10-8-7-9-17-14-16(3)12-13-20(17)18/h4-15,21H,2H2,1,3H3/b6-4-,18-15-,19-11+. The van der Waals surface area contributed by atoms with Crippen LogP contribution in [0.2, 0.25) is 0 Å². The van der Waals surface area contributed by atoms with E-state index < -0.39 is 0 Å². The van der Waals surface area contributed by atoms with Gasteiger partial charge in [-0.1, -0.05) is 66.8 Å². The van der Waals surface area contributed by atoms with Gasteiger partial charge in [-0.15, -0.1) is 0 Å². The Morgan fingerprint density at radius 3 is 2.76 bits per heavy atom. The van der Waals surface area contributed by atoms with E-state index in [2.05, 4.69) is 61.3 Å². The summed E-state index contributed by atoms with van der Waals surface area (Å²) in [5.74, 6) is 0. The van der Waals surface area contributed by atoms with E-state index in [4.69, 9.17) is 0 Å². The molecule has 0 saturated heterocycles. The zero-order chi connectivity index (χ0) is 15.1. The molecule has 0 radical (unpaired) electrons. The first-order valence-electron chi connectivity index (χ1n) is 7.12. The summed E-state index contributed by atoms with van der Waals surface area (Å²) >= 11 is 0. The average molecular weight is 275 g/mol. The van der Waals surface area contributed by atoms with Crippen molar-refractivity contribution in [1.29, 1.82) is 0 Å². The largest absolute Gasteiger partial charge is 0.361 e. The molecule has 0 unspecified atom stereocenters. The zero-order valence-corrected chi connectivity index (χ0v) is 12.6. The highest BCUT2D eigenvalue weighted by Gasteiger charge is 2.06. The van der Waals surface area contributed by atoms with Crippen LogP contribution < -0.4 is 5.32 Å². The Labute approximate surface area is 127 Å². The number of aryl methyl sites for hydroxylation is 1. The number of hydrogen-bond donors (Lipinski definition) is 1. The van der Waals surface area contributed by atoms with E-state index in [-0.39, 0.29) is 0 Å². The molecule has 1 aromatic rings. The Morgan fingerprint density at radius 1 is 1.19 bits per heavy atom. The summed E-state index contributed by atoms with van der Waals surface area (Å²) in [6.45, 7) is 7.94. The third-order valence-electron chi connectivity index (χ3n) is 3.26.